The van der Waals surface area contributed by atoms with Gasteiger partial charge in [-0.2, -0.15) is 0 Å². The van der Waals surface area contributed by atoms with E-state index >= 15 is 0 Å². The van der Waals surface area contributed by atoms with Gasteiger partial charge in [0.25, 0.3) is 5.91 Å². The van der Waals surface area contributed by atoms with Gasteiger partial charge >= 0.3 is 0 Å². The number of Topliss-reactive ketones (excluding diaryl/α,β-unsaturated/α-hetero) is 1. The number of amides is 1. The molecule has 0 aliphatic rings. The van der Waals surface area contributed by atoms with E-state index in [1.807, 2.05) is 0 Å². The van der Waals surface area contributed by atoms with Crippen molar-refractivity contribution in [1.29, 1.82) is 0 Å². The maximum Gasteiger partial charge on any atom is 0.251 e. The van der Waals surface area contributed by atoms with E-state index in [0.717, 1.165) is 5.69 Å². The van der Waals surface area contributed by atoms with Gasteiger partial charge in [0.1, 0.15) is 0 Å². The molecule has 1 atom stereocenters. The van der Waals surface area contributed by atoms with Crippen LogP contribution in [0.5, 0.6) is 0 Å². The predicted octanol–water partition coefficient (Wildman–Crippen LogP) is 2.09. The van der Waals surface area contributed by atoms with Crippen LogP contribution in [0.4, 0.5) is 5.69 Å². The minimum absolute atomic E-state index is 0.0868. The molecule has 1 amide bonds. The second kappa shape index (κ2) is 5.68. The van der Waals surface area contributed by atoms with Gasteiger partial charge in [-0.05, 0) is 32.0 Å². The van der Waals surface area contributed by atoms with E-state index in [2.05, 4.69) is 10.6 Å². The molecule has 17 heavy (non-hydrogen) atoms. The summed E-state index contributed by atoms with van der Waals surface area (Å²) >= 11 is 5.96. The molecule has 1 aromatic rings. The number of ketones is 1. The van der Waals surface area contributed by atoms with Crippen LogP contribution in [0.3, 0.4) is 0 Å². The molecule has 0 aliphatic carbocycles. The van der Waals surface area contributed by atoms with E-state index < -0.39 is 6.04 Å². The van der Waals surface area contributed by atoms with Crippen LogP contribution in [0.2, 0.25) is 5.02 Å². The van der Waals surface area contributed by atoms with Gasteiger partial charge in [-0.1, -0.05) is 11.6 Å². The molecule has 0 saturated carbocycles. The number of hydrogen-bond donors (Lipinski definition) is 2. The minimum Gasteiger partial charge on any atom is -0.387 e. The Morgan fingerprint density at radius 3 is 2.47 bits per heavy atom. The fraction of sp³-hybridized carbons (Fsp3) is 0.333. The van der Waals surface area contributed by atoms with Crippen LogP contribution in [0, 0.1) is 0 Å². The molecule has 1 unspecified atom stereocenters. The SMILES string of the molecule is CNc1ccc(C(=O)NC(C)C(C)=O)cc1Cl. The summed E-state index contributed by atoms with van der Waals surface area (Å²) in [4.78, 5) is 22.8. The third-order valence-electron chi connectivity index (χ3n) is 2.46. The standard InChI is InChI=1S/C12H15ClN2O2/c1-7(8(2)16)15-12(17)9-4-5-11(14-3)10(13)6-9/h4-7,14H,1-3H3,(H,15,17). The van der Waals surface area contributed by atoms with E-state index in [-0.39, 0.29) is 11.7 Å². The highest BCUT2D eigenvalue weighted by Crippen LogP contribution is 2.22. The summed E-state index contributed by atoms with van der Waals surface area (Å²) in [7, 11) is 1.75. The third kappa shape index (κ3) is 3.46. The summed E-state index contributed by atoms with van der Waals surface area (Å²) in [5, 5.41) is 5.96. The van der Waals surface area contributed by atoms with Gasteiger partial charge in [0.15, 0.2) is 5.78 Å². The van der Waals surface area contributed by atoms with Crippen molar-refractivity contribution in [2.75, 3.05) is 12.4 Å². The van der Waals surface area contributed by atoms with Crippen LogP contribution >= 0.6 is 11.6 Å². The van der Waals surface area contributed by atoms with Crippen molar-refractivity contribution in [2.24, 2.45) is 0 Å². The smallest absolute Gasteiger partial charge is 0.251 e. The molecule has 0 heterocycles. The lowest BCUT2D eigenvalue weighted by atomic mass is 10.1. The Hall–Kier alpha value is -1.55. The van der Waals surface area contributed by atoms with Gasteiger partial charge in [0.05, 0.1) is 16.8 Å². The lowest BCUT2D eigenvalue weighted by Gasteiger charge is -2.11. The Morgan fingerprint density at radius 2 is 2.00 bits per heavy atom. The zero-order valence-electron chi connectivity index (χ0n) is 10.0. The van der Waals surface area contributed by atoms with Crippen LogP contribution in [-0.4, -0.2) is 24.8 Å². The number of anilines is 1. The first-order valence-corrected chi connectivity index (χ1v) is 5.62. The summed E-state index contributed by atoms with van der Waals surface area (Å²) in [6, 6.07) is 4.44. The Balaban J connectivity index is 2.83. The molecule has 0 saturated heterocycles. The molecule has 5 heteroatoms. The first kappa shape index (κ1) is 13.5. The van der Waals surface area contributed by atoms with E-state index in [4.69, 9.17) is 11.6 Å². The average molecular weight is 255 g/mol. The molecule has 1 aromatic carbocycles. The normalized spacial score (nSPS) is 11.8. The lowest BCUT2D eigenvalue weighted by molar-refractivity contribution is -0.118. The molecule has 0 aliphatic heterocycles. The Labute approximate surface area is 105 Å². The number of nitrogens with one attached hydrogen (secondary N) is 2. The van der Waals surface area contributed by atoms with Gasteiger partial charge < -0.3 is 10.6 Å². The number of carbonyl (C=O) groups is 2. The van der Waals surface area contributed by atoms with Crippen LogP contribution in [0.1, 0.15) is 24.2 Å². The third-order valence-corrected chi connectivity index (χ3v) is 2.77. The van der Waals surface area contributed by atoms with Gasteiger partial charge in [-0.3, -0.25) is 9.59 Å². The number of rotatable bonds is 4. The van der Waals surface area contributed by atoms with Crippen LogP contribution in [0.15, 0.2) is 18.2 Å². The highest BCUT2D eigenvalue weighted by atomic mass is 35.5. The summed E-state index contributed by atoms with van der Waals surface area (Å²) in [5.41, 5.74) is 1.19. The molecule has 2 N–H and O–H groups in total. The lowest BCUT2D eigenvalue weighted by Crippen LogP contribution is -2.37. The van der Waals surface area contributed by atoms with Crippen molar-refractivity contribution >= 4 is 29.0 Å². The summed E-state index contributed by atoms with van der Waals surface area (Å²) in [6.45, 7) is 3.08. The minimum atomic E-state index is -0.495. The van der Waals surface area contributed by atoms with Gasteiger partial charge in [-0.15, -0.1) is 0 Å². The summed E-state index contributed by atoms with van der Waals surface area (Å²) in [6.07, 6.45) is 0. The first-order valence-electron chi connectivity index (χ1n) is 5.24. The van der Waals surface area contributed by atoms with Gasteiger partial charge in [0.2, 0.25) is 0 Å². The molecule has 4 nitrogen and oxygen atoms in total. The highest BCUT2D eigenvalue weighted by Gasteiger charge is 2.13. The number of halogens is 1. The topological polar surface area (TPSA) is 58.2 Å². The van der Waals surface area contributed by atoms with Crippen molar-refractivity contribution in [1.82, 2.24) is 5.32 Å². The fourth-order valence-electron chi connectivity index (χ4n) is 1.24. The molecular formula is C12H15ClN2O2. The van der Waals surface area contributed by atoms with E-state index in [0.29, 0.717) is 10.6 Å². The number of carbonyl (C=O) groups excluding carboxylic acids is 2. The summed E-state index contributed by atoms with van der Waals surface area (Å²) < 4.78 is 0. The van der Waals surface area contributed by atoms with Gasteiger partial charge in [0, 0.05) is 12.6 Å². The van der Waals surface area contributed by atoms with Crippen LogP contribution in [0.25, 0.3) is 0 Å². The molecule has 0 spiro atoms. The van der Waals surface area contributed by atoms with Crippen molar-refractivity contribution in [3.63, 3.8) is 0 Å². The maximum atomic E-state index is 11.8. The average Bonchev–Trinajstić information content (AvgIpc) is 2.28. The highest BCUT2D eigenvalue weighted by molar-refractivity contribution is 6.33. The quantitative estimate of drug-likeness (QED) is 0.865. The Morgan fingerprint density at radius 1 is 1.35 bits per heavy atom. The Bertz CT molecular complexity index is 446. The molecule has 0 aromatic heterocycles. The van der Waals surface area contributed by atoms with Crippen LogP contribution in [-0.2, 0) is 4.79 Å². The fourth-order valence-corrected chi connectivity index (χ4v) is 1.52. The summed E-state index contributed by atoms with van der Waals surface area (Å²) in [5.74, 6) is -0.395. The zero-order chi connectivity index (χ0) is 13.0. The van der Waals surface area contributed by atoms with E-state index in [1.165, 1.54) is 6.92 Å². The van der Waals surface area contributed by atoms with Gasteiger partial charge in [-0.25, -0.2) is 0 Å². The predicted molar refractivity (Wildman–Crippen MR) is 68.6 cm³/mol. The second-order valence-corrected chi connectivity index (χ2v) is 4.16. The second-order valence-electron chi connectivity index (χ2n) is 3.75. The molecule has 0 bridgehead atoms. The Kier molecular flexibility index (Phi) is 4.52. The monoisotopic (exact) mass is 254 g/mol. The van der Waals surface area contributed by atoms with Crippen molar-refractivity contribution in [2.45, 2.75) is 19.9 Å². The number of hydrogen-bond acceptors (Lipinski definition) is 3. The molecule has 0 fully saturated rings. The molecular weight excluding hydrogens is 240 g/mol. The molecule has 92 valence electrons. The zero-order valence-corrected chi connectivity index (χ0v) is 10.8. The van der Waals surface area contributed by atoms with E-state index in [9.17, 15) is 9.59 Å². The maximum absolute atomic E-state index is 11.8. The first-order chi connectivity index (χ1) is 7.95. The van der Waals surface area contributed by atoms with E-state index in [1.54, 1.807) is 32.2 Å². The van der Waals surface area contributed by atoms with Crippen molar-refractivity contribution in [3.05, 3.63) is 28.8 Å². The van der Waals surface area contributed by atoms with Crippen molar-refractivity contribution < 1.29 is 9.59 Å². The molecule has 0 radical (unpaired) electrons. The molecule has 1 rings (SSSR count). The number of benzene rings is 1. The van der Waals surface area contributed by atoms with Crippen molar-refractivity contribution in [3.8, 4) is 0 Å². The largest absolute Gasteiger partial charge is 0.387 e. The van der Waals surface area contributed by atoms with Crippen LogP contribution < -0.4 is 10.6 Å².